The lowest BCUT2D eigenvalue weighted by atomic mass is 9.57. The molecule has 46 heavy (non-hydrogen) atoms. The van der Waals surface area contributed by atoms with Crippen molar-refractivity contribution >= 4 is 40.5 Å². The largest absolute Gasteiger partial charge is 0.508 e. The van der Waals surface area contributed by atoms with Crippen LogP contribution in [0.2, 0.25) is 0 Å². The number of carbonyl (C=O) groups is 4. The number of rotatable bonds is 7. The molecule has 1 aromatic rings. The summed E-state index contributed by atoms with van der Waals surface area (Å²) < 4.78 is 0. The van der Waals surface area contributed by atoms with Gasteiger partial charge in [0.05, 0.1) is 23.8 Å². The van der Waals surface area contributed by atoms with Crippen LogP contribution >= 0.6 is 0 Å². The molecular formula is C33H45N5O8. The number of primary amides is 1. The molecule has 250 valence electrons. The molecule has 0 bridgehead atoms. The van der Waals surface area contributed by atoms with E-state index in [4.69, 9.17) is 5.73 Å². The number of phenolic OH excluding ortho intramolecular Hbond substituents is 1. The van der Waals surface area contributed by atoms with Crippen LogP contribution in [0.4, 0.5) is 11.4 Å². The van der Waals surface area contributed by atoms with Crippen molar-refractivity contribution in [3.8, 4) is 5.75 Å². The fraction of sp³-hybridized carbons (Fsp3) is 0.576. The zero-order valence-electron chi connectivity index (χ0n) is 26.9. The number of aromatic hydroxyl groups is 1. The molecule has 0 unspecified atom stereocenters. The second-order valence-electron chi connectivity index (χ2n) is 13.5. The van der Waals surface area contributed by atoms with Gasteiger partial charge in [0.15, 0.2) is 11.4 Å². The normalized spacial score (nSPS) is 27.0. The third kappa shape index (κ3) is 5.54. The van der Waals surface area contributed by atoms with Gasteiger partial charge < -0.3 is 41.7 Å². The maximum atomic E-state index is 14.1. The number of nitrogens with two attached hydrogens (primary N) is 1. The lowest BCUT2D eigenvalue weighted by Gasteiger charge is -2.50. The smallest absolute Gasteiger partial charge is 0.255 e. The number of hydrogen-bond donors (Lipinski definition) is 7. The molecule has 5 rings (SSSR count). The summed E-state index contributed by atoms with van der Waals surface area (Å²) in [5.41, 5.74) is 2.62. The van der Waals surface area contributed by atoms with Crippen molar-refractivity contribution in [1.29, 1.82) is 0 Å². The van der Waals surface area contributed by atoms with Gasteiger partial charge in [0.1, 0.15) is 22.8 Å². The van der Waals surface area contributed by atoms with Crippen LogP contribution in [-0.2, 0) is 25.6 Å². The molecule has 0 aliphatic heterocycles. The number of aliphatic hydroxyl groups is 3. The number of Topliss-reactive ketones (excluding diaryl/α,β-unsaturated/α-hetero) is 2. The quantitative estimate of drug-likeness (QED) is 0.169. The number of nitrogens with one attached hydrogen (secondary N) is 2. The van der Waals surface area contributed by atoms with E-state index < -0.39 is 63.8 Å². The molecule has 0 spiro atoms. The summed E-state index contributed by atoms with van der Waals surface area (Å²) in [6, 6.07) is 0.676. The molecule has 2 amide bonds. The van der Waals surface area contributed by atoms with E-state index in [9.17, 15) is 39.6 Å². The van der Waals surface area contributed by atoms with Gasteiger partial charge in [-0.2, -0.15) is 0 Å². The highest BCUT2D eigenvalue weighted by atomic mass is 16.3. The molecule has 0 heterocycles. The Hall–Kier alpha value is -3.94. The number of hydrogen-bond acceptors (Lipinski definition) is 11. The predicted octanol–water partition coefficient (Wildman–Crippen LogP) is 1.67. The molecule has 0 radical (unpaired) electrons. The highest BCUT2D eigenvalue weighted by Crippen LogP contribution is 2.54. The summed E-state index contributed by atoms with van der Waals surface area (Å²) in [5, 5.41) is 52.1. The summed E-state index contributed by atoms with van der Waals surface area (Å²) in [4.78, 5) is 55.9. The molecule has 4 aliphatic rings. The minimum Gasteiger partial charge on any atom is -0.508 e. The number of phenols is 1. The molecule has 4 aliphatic carbocycles. The number of aliphatic hydroxyl groups excluding tert-OH is 2. The van der Waals surface area contributed by atoms with Crippen LogP contribution in [0.1, 0.15) is 62.5 Å². The van der Waals surface area contributed by atoms with Crippen LogP contribution in [-0.4, -0.2) is 101 Å². The molecule has 2 saturated carbocycles. The first-order valence-corrected chi connectivity index (χ1v) is 15.9. The average Bonchev–Trinajstić information content (AvgIpc) is 2.95. The molecule has 8 N–H and O–H groups in total. The van der Waals surface area contributed by atoms with E-state index in [0.717, 1.165) is 25.7 Å². The first kappa shape index (κ1) is 33.4. The van der Waals surface area contributed by atoms with E-state index in [1.165, 1.54) is 24.2 Å². The Morgan fingerprint density at radius 2 is 1.65 bits per heavy atom. The highest BCUT2D eigenvalue weighted by Gasteiger charge is 2.64. The van der Waals surface area contributed by atoms with Crippen molar-refractivity contribution in [3.63, 3.8) is 0 Å². The molecule has 1 aromatic carbocycles. The molecule has 0 aromatic heterocycles. The van der Waals surface area contributed by atoms with Gasteiger partial charge in [-0.05, 0) is 57.3 Å². The third-order valence-electron chi connectivity index (χ3n) is 10.1. The number of anilines is 2. The molecule has 2 fully saturated rings. The van der Waals surface area contributed by atoms with E-state index in [1.54, 1.807) is 39.2 Å². The van der Waals surface area contributed by atoms with Crippen LogP contribution in [0.3, 0.4) is 0 Å². The number of fused-ring (bicyclic) bond motifs is 3. The van der Waals surface area contributed by atoms with Gasteiger partial charge in [0.2, 0.25) is 11.7 Å². The third-order valence-corrected chi connectivity index (χ3v) is 10.1. The molecule has 0 saturated heterocycles. The Bertz CT molecular complexity index is 1520. The Morgan fingerprint density at radius 1 is 1.02 bits per heavy atom. The van der Waals surface area contributed by atoms with Crippen molar-refractivity contribution in [2.45, 2.75) is 75.5 Å². The van der Waals surface area contributed by atoms with E-state index in [1.807, 2.05) is 0 Å². The van der Waals surface area contributed by atoms with Gasteiger partial charge in [-0.3, -0.25) is 24.1 Å². The summed E-state index contributed by atoms with van der Waals surface area (Å²) in [6.07, 6.45) is 7.90. The first-order chi connectivity index (χ1) is 21.7. The molecular weight excluding hydrogens is 594 g/mol. The maximum absolute atomic E-state index is 14.1. The van der Waals surface area contributed by atoms with Crippen molar-refractivity contribution in [2.75, 3.05) is 45.0 Å². The van der Waals surface area contributed by atoms with Gasteiger partial charge in [-0.15, -0.1) is 0 Å². The van der Waals surface area contributed by atoms with E-state index in [-0.39, 0.29) is 48.2 Å². The summed E-state index contributed by atoms with van der Waals surface area (Å²) in [5.74, 6) is -7.63. The van der Waals surface area contributed by atoms with E-state index >= 15 is 0 Å². The molecule has 13 nitrogen and oxygen atoms in total. The average molecular weight is 640 g/mol. The second kappa shape index (κ2) is 12.7. The summed E-state index contributed by atoms with van der Waals surface area (Å²) >= 11 is 0. The number of carbonyl (C=O) groups excluding carboxylic acids is 4. The number of nitrogens with zero attached hydrogens (tertiary/aromatic N) is 2. The van der Waals surface area contributed by atoms with Crippen LogP contribution in [0.5, 0.6) is 5.75 Å². The monoisotopic (exact) mass is 639 g/mol. The standard InChI is InChI=1S/C33H45N5O8/c1-37(2)21-14-20(36-22(39)15-35-17-10-8-6-5-7-9-11-17)27(40)24-18(21)12-16-13-19-26(38(3)4)29(42)25(32(34)45)31(44)33(19,46)30(43)23(16)28(24)41/h14,16-17,19,26,35,40-41,44,46H,5-13,15H2,1-4H3,(H2,34,45)(H,36,39)/t16-,19-,26-,33-/m0/s1. The minimum absolute atomic E-state index is 0.00921. The van der Waals surface area contributed by atoms with Gasteiger partial charge >= 0.3 is 0 Å². The highest BCUT2D eigenvalue weighted by molar-refractivity contribution is 6.24. The van der Waals surface area contributed by atoms with Crippen LogP contribution < -0.4 is 21.3 Å². The second-order valence-corrected chi connectivity index (χ2v) is 13.5. The fourth-order valence-corrected chi connectivity index (χ4v) is 7.88. The topological polar surface area (TPSA) is 206 Å². The first-order valence-electron chi connectivity index (χ1n) is 15.9. The van der Waals surface area contributed by atoms with Gasteiger partial charge in [-0.1, -0.05) is 32.1 Å². The zero-order chi connectivity index (χ0) is 33.7. The SMILES string of the molecule is CN(C)c1cc(NC(=O)CNC2CCCCCCC2)c(O)c2c1C[C@H]1C[C@H]3[C@H](N(C)C)C(=O)C(C(N)=O)=C(O)[C@@]3(O)C(=O)C1=C2O. The summed E-state index contributed by atoms with van der Waals surface area (Å²) in [7, 11) is 6.65. The van der Waals surface area contributed by atoms with E-state index in [0.29, 0.717) is 11.3 Å². The van der Waals surface area contributed by atoms with Gasteiger partial charge in [0.25, 0.3) is 5.91 Å². The van der Waals surface area contributed by atoms with Crippen LogP contribution in [0.25, 0.3) is 5.76 Å². The maximum Gasteiger partial charge on any atom is 0.255 e. The Labute approximate surface area is 268 Å². The number of amides is 2. The summed E-state index contributed by atoms with van der Waals surface area (Å²) in [6.45, 7) is 0.0279. The van der Waals surface area contributed by atoms with Crippen molar-refractivity contribution in [2.24, 2.45) is 17.6 Å². The number of benzene rings is 1. The van der Waals surface area contributed by atoms with Gasteiger partial charge in [-0.25, -0.2) is 0 Å². The lowest BCUT2D eigenvalue weighted by Crippen LogP contribution is -2.65. The Morgan fingerprint density at radius 3 is 2.24 bits per heavy atom. The predicted molar refractivity (Wildman–Crippen MR) is 171 cm³/mol. The van der Waals surface area contributed by atoms with Crippen molar-refractivity contribution < 1.29 is 39.6 Å². The van der Waals surface area contributed by atoms with Crippen molar-refractivity contribution in [1.82, 2.24) is 10.2 Å². The number of ketones is 2. The van der Waals surface area contributed by atoms with Gasteiger partial charge in [0, 0.05) is 37.3 Å². The number of likely N-dealkylation sites (N-methyl/N-ethyl adjacent to an activating group) is 1. The van der Waals surface area contributed by atoms with E-state index in [2.05, 4.69) is 10.6 Å². The minimum atomic E-state index is -2.72. The fourth-order valence-electron chi connectivity index (χ4n) is 7.88. The Balaban J connectivity index is 1.53. The van der Waals surface area contributed by atoms with Crippen molar-refractivity contribution in [3.05, 3.63) is 34.1 Å². The zero-order valence-corrected chi connectivity index (χ0v) is 26.9. The van der Waals surface area contributed by atoms with Crippen LogP contribution in [0.15, 0.2) is 23.0 Å². The Kier molecular flexibility index (Phi) is 9.22. The lowest BCUT2D eigenvalue weighted by molar-refractivity contribution is -0.153. The van der Waals surface area contributed by atoms with Crippen LogP contribution in [0, 0.1) is 11.8 Å². The molecule has 4 atom stereocenters. The molecule has 13 heteroatoms.